The summed E-state index contributed by atoms with van der Waals surface area (Å²) in [4.78, 5) is 15.3. The summed E-state index contributed by atoms with van der Waals surface area (Å²) in [7, 11) is -3.51. The van der Waals surface area contributed by atoms with Gasteiger partial charge in [0.25, 0.3) is 0 Å². The minimum atomic E-state index is -3.51. The fraction of sp³-hybridized carbons (Fsp3) is 0.600. The van der Waals surface area contributed by atoms with Crippen LogP contribution in [0.2, 0.25) is 0 Å². The van der Waals surface area contributed by atoms with Crippen molar-refractivity contribution in [2.45, 2.75) is 54.0 Å². The molecule has 2 fully saturated rings. The smallest absolute Gasteiger partial charge is 0.240 e. The summed E-state index contributed by atoms with van der Waals surface area (Å²) in [5.41, 5.74) is 0. The maximum atomic E-state index is 12.5. The SMILES string of the molecule is CSc1ccc(S(=O)(=O)NC[C@H]2CC[C@@H](NCC(=O)N3CCC[C@H]3C#N)C2)cc1. The number of nitriles is 1. The Hall–Kier alpha value is -1.60. The predicted octanol–water partition coefficient (Wildman–Crippen LogP) is 1.96. The number of carbonyl (C=O) groups is 1. The zero-order valence-electron chi connectivity index (χ0n) is 16.6. The van der Waals surface area contributed by atoms with Crippen molar-refractivity contribution in [3.05, 3.63) is 24.3 Å². The van der Waals surface area contributed by atoms with Crippen LogP contribution in [0.3, 0.4) is 0 Å². The van der Waals surface area contributed by atoms with Gasteiger partial charge in [-0.3, -0.25) is 4.79 Å². The predicted molar refractivity (Wildman–Crippen MR) is 113 cm³/mol. The Morgan fingerprint density at radius 1 is 1.28 bits per heavy atom. The van der Waals surface area contributed by atoms with Gasteiger partial charge >= 0.3 is 0 Å². The number of nitrogens with one attached hydrogen (secondary N) is 2. The Balaban J connectivity index is 1.42. The molecule has 1 saturated heterocycles. The molecule has 1 aliphatic heterocycles. The normalized spacial score (nSPS) is 24.6. The molecule has 3 atom stereocenters. The first-order valence-corrected chi connectivity index (χ1v) is 12.7. The van der Waals surface area contributed by atoms with Crippen molar-refractivity contribution in [2.75, 3.05) is 25.9 Å². The van der Waals surface area contributed by atoms with Crippen molar-refractivity contribution >= 4 is 27.7 Å². The number of sulfonamides is 1. The molecule has 1 amide bonds. The molecular weight excluding hydrogens is 408 g/mol. The fourth-order valence-electron chi connectivity index (χ4n) is 4.04. The maximum absolute atomic E-state index is 12.5. The Bertz CT molecular complexity index is 851. The minimum Gasteiger partial charge on any atom is -0.326 e. The van der Waals surface area contributed by atoms with Gasteiger partial charge in [-0.25, -0.2) is 13.1 Å². The second-order valence-electron chi connectivity index (χ2n) is 7.66. The number of carbonyl (C=O) groups excluding carboxylic acids is 1. The van der Waals surface area contributed by atoms with E-state index in [-0.39, 0.29) is 35.3 Å². The molecule has 158 valence electrons. The molecule has 1 heterocycles. The van der Waals surface area contributed by atoms with E-state index in [0.717, 1.165) is 37.0 Å². The average Bonchev–Trinajstić information content (AvgIpc) is 3.40. The van der Waals surface area contributed by atoms with E-state index in [0.29, 0.717) is 13.1 Å². The molecule has 7 nitrogen and oxygen atoms in total. The molecule has 29 heavy (non-hydrogen) atoms. The first-order chi connectivity index (χ1) is 13.9. The summed E-state index contributed by atoms with van der Waals surface area (Å²) in [6.45, 7) is 1.30. The van der Waals surface area contributed by atoms with Crippen molar-refractivity contribution < 1.29 is 13.2 Å². The lowest BCUT2D eigenvalue weighted by molar-refractivity contribution is -0.130. The number of thioether (sulfide) groups is 1. The molecule has 0 aromatic heterocycles. The number of rotatable bonds is 8. The number of hydrogen-bond donors (Lipinski definition) is 2. The summed E-state index contributed by atoms with van der Waals surface area (Å²) in [5, 5.41) is 12.4. The number of amides is 1. The summed E-state index contributed by atoms with van der Waals surface area (Å²) in [6, 6.07) is 8.98. The maximum Gasteiger partial charge on any atom is 0.240 e. The van der Waals surface area contributed by atoms with E-state index in [2.05, 4.69) is 16.1 Å². The van der Waals surface area contributed by atoms with Gasteiger partial charge in [0, 0.05) is 24.0 Å². The van der Waals surface area contributed by atoms with Crippen molar-refractivity contribution in [3.63, 3.8) is 0 Å². The highest BCUT2D eigenvalue weighted by Gasteiger charge is 2.30. The quantitative estimate of drug-likeness (QED) is 0.604. The highest BCUT2D eigenvalue weighted by molar-refractivity contribution is 7.98. The molecule has 1 aromatic carbocycles. The van der Waals surface area contributed by atoms with Crippen molar-refractivity contribution in [1.29, 1.82) is 5.26 Å². The number of likely N-dealkylation sites (tertiary alicyclic amines) is 1. The monoisotopic (exact) mass is 436 g/mol. The molecule has 1 aliphatic carbocycles. The first kappa shape index (κ1) is 22.1. The lowest BCUT2D eigenvalue weighted by Gasteiger charge is -2.21. The van der Waals surface area contributed by atoms with Gasteiger partial charge in [-0.2, -0.15) is 5.26 Å². The number of benzene rings is 1. The van der Waals surface area contributed by atoms with Crippen LogP contribution < -0.4 is 10.0 Å². The van der Waals surface area contributed by atoms with E-state index in [1.54, 1.807) is 28.8 Å². The van der Waals surface area contributed by atoms with Crippen LogP contribution in [0.1, 0.15) is 32.1 Å². The lowest BCUT2D eigenvalue weighted by Crippen LogP contribution is -2.43. The zero-order valence-corrected chi connectivity index (χ0v) is 18.3. The van der Waals surface area contributed by atoms with E-state index < -0.39 is 10.0 Å². The Kier molecular flexibility index (Phi) is 7.57. The molecule has 0 radical (unpaired) electrons. The van der Waals surface area contributed by atoms with Gasteiger partial charge in [0.1, 0.15) is 6.04 Å². The van der Waals surface area contributed by atoms with Crippen LogP contribution in [-0.2, 0) is 14.8 Å². The van der Waals surface area contributed by atoms with Crippen LogP contribution in [0.25, 0.3) is 0 Å². The van der Waals surface area contributed by atoms with Gasteiger partial charge in [-0.15, -0.1) is 11.8 Å². The van der Waals surface area contributed by atoms with Crippen molar-refractivity contribution in [2.24, 2.45) is 5.92 Å². The van der Waals surface area contributed by atoms with E-state index >= 15 is 0 Å². The molecule has 0 bridgehead atoms. The number of hydrogen-bond acceptors (Lipinski definition) is 6. The first-order valence-electron chi connectivity index (χ1n) is 9.99. The summed E-state index contributed by atoms with van der Waals surface area (Å²) < 4.78 is 27.7. The van der Waals surface area contributed by atoms with Crippen LogP contribution >= 0.6 is 11.8 Å². The molecular formula is C20H28N4O3S2. The van der Waals surface area contributed by atoms with Gasteiger partial charge in [0.05, 0.1) is 17.5 Å². The average molecular weight is 437 g/mol. The second kappa shape index (κ2) is 9.94. The third-order valence-electron chi connectivity index (χ3n) is 5.74. The van der Waals surface area contributed by atoms with E-state index in [1.807, 2.05) is 18.4 Å². The largest absolute Gasteiger partial charge is 0.326 e. The molecule has 0 unspecified atom stereocenters. The van der Waals surface area contributed by atoms with Gasteiger partial charge in [0.2, 0.25) is 15.9 Å². The molecule has 1 saturated carbocycles. The second-order valence-corrected chi connectivity index (χ2v) is 10.3. The minimum absolute atomic E-state index is 0.0214. The Labute approximate surface area is 177 Å². The van der Waals surface area contributed by atoms with Gasteiger partial charge in [0.15, 0.2) is 0 Å². The van der Waals surface area contributed by atoms with Crippen LogP contribution in [-0.4, -0.2) is 57.2 Å². The zero-order chi connectivity index (χ0) is 20.9. The number of nitrogens with zero attached hydrogens (tertiary/aromatic N) is 2. The van der Waals surface area contributed by atoms with E-state index in [1.165, 1.54) is 0 Å². The van der Waals surface area contributed by atoms with Crippen LogP contribution in [0, 0.1) is 17.2 Å². The lowest BCUT2D eigenvalue weighted by atomic mass is 10.1. The van der Waals surface area contributed by atoms with Crippen molar-refractivity contribution in [1.82, 2.24) is 14.9 Å². The standard InChI is InChI=1S/C20H28N4O3S2/c1-28-18-6-8-19(9-7-18)29(26,27)23-13-15-4-5-16(11-15)22-14-20(25)24-10-2-3-17(24)12-21/h6-9,15-17,22-23H,2-5,10-11,13-14H2,1H3/t15-,16+,17-/m0/s1. The molecule has 3 rings (SSSR count). The highest BCUT2D eigenvalue weighted by Crippen LogP contribution is 2.26. The van der Waals surface area contributed by atoms with Crippen LogP contribution in [0.15, 0.2) is 34.1 Å². The van der Waals surface area contributed by atoms with E-state index in [4.69, 9.17) is 5.26 Å². The molecule has 9 heteroatoms. The Morgan fingerprint density at radius 3 is 2.72 bits per heavy atom. The molecule has 2 N–H and O–H groups in total. The summed E-state index contributed by atoms with van der Waals surface area (Å²) >= 11 is 1.57. The van der Waals surface area contributed by atoms with E-state index in [9.17, 15) is 13.2 Å². The Morgan fingerprint density at radius 2 is 2.03 bits per heavy atom. The van der Waals surface area contributed by atoms with Gasteiger partial charge < -0.3 is 10.2 Å². The summed E-state index contributed by atoms with van der Waals surface area (Å²) in [5.74, 6) is 0.230. The highest BCUT2D eigenvalue weighted by atomic mass is 32.2. The third-order valence-corrected chi connectivity index (χ3v) is 7.92. The fourth-order valence-corrected chi connectivity index (χ4v) is 5.57. The van der Waals surface area contributed by atoms with Crippen molar-refractivity contribution in [3.8, 4) is 6.07 Å². The molecule has 2 aliphatic rings. The van der Waals surface area contributed by atoms with Crippen LogP contribution in [0.4, 0.5) is 0 Å². The van der Waals surface area contributed by atoms with Gasteiger partial charge in [-0.05, 0) is 68.5 Å². The van der Waals surface area contributed by atoms with Crippen LogP contribution in [0.5, 0.6) is 0 Å². The summed E-state index contributed by atoms with van der Waals surface area (Å²) in [6.07, 6.45) is 6.27. The van der Waals surface area contributed by atoms with Gasteiger partial charge in [-0.1, -0.05) is 0 Å². The molecule has 0 spiro atoms. The topological polar surface area (TPSA) is 102 Å². The molecule has 1 aromatic rings. The third kappa shape index (κ3) is 5.72.